The normalized spacial score (nSPS) is 16.8. The predicted molar refractivity (Wildman–Crippen MR) is 114 cm³/mol. The van der Waals surface area contributed by atoms with Gasteiger partial charge in [-0.15, -0.1) is 0 Å². The summed E-state index contributed by atoms with van der Waals surface area (Å²) in [6, 6.07) is 9.99. The number of aromatic nitrogens is 4. The van der Waals surface area contributed by atoms with Crippen molar-refractivity contribution in [1.29, 1.82) is 0 Å². The van der Waals surface area contributed by atoms with Gasteiger partial charge in [-0.1, -0.05) is 41.6 Å². The lowest BCUT2D eigenvalue weighted by molar-refractivity contribution is 0.0945. The van der Waals surface area contributed by atoms with Crippen LogP contribution in [0.4, 0.5) is 0 Å². The van der Waals surface area contributed by atoms with E-state index in [-0.39, 0.29) is 6.10 Å². The SMILES string of the molecule is Cc1nn(-c2ccccc2)c(Cl)c1CSc1nc(C)c(C)n1CC1CCCO1. The lowest BCUT2D eigenvalue weighted by Gasteiger charge is -2.14. The molecule has 5 nitrogen and oxygen atoms in total. The minimum absolute atomic E-state index is 0.290. The zero-order valence-electron chi connectivity index (χ0n) is 16.5. The Bertz CT molecular complexity index is 961. The summed E-state index contributed by atoms with van der Waals surface area (Å²) in [5.41, 5.74) is 5.26. The van der Waals surface area contributed by atoms with E-state index in [1.54, 1.807) is 11.8 Å². The number of para-hydroxylation sites is 1. The zero-order chi connectivity index (χ0) is 19.7. The van der Waals surface area contributed by atoms with Gasteiger partial charge in [-0.2, -0.15) is 5.10 Å². The fourth-order valence-corrected chi connectivity index (χ4v) is 5.12. The van der Waals surface area contributed by atoms with Gasteiger partial charge in [-0.05, 0) is 45.7 Å². The predicted octanol–water partition coefficient (Wildman–Crippen LogP) is 5.12. The molecule has 0 amide bonds. The third-order valence-corrected chi connectivity index (χ3v) is 6.69. The van der Waals surface area contributed by atoms with Gasteiger partial charge in [0.05, 0.1) is 29.7 Å². The number of halogens is 1. The molecule has 1 unspecified atom stereocenters. The van der Waals surface area contributed by atoms with Crippen molar-refractivity contribution in [2.24, 2.45) is 0 Å². The molecule has 2 aromatic heterocycles. The number of imidazole rings is 1. The second kappa shape index (κ2) is 8.31. The van der Waals surface area contributed by atoms with Gasteiger partial charge in [-0.3, -0.25) is 0 Å². The number of aryl methyl sites for hydroxylation is 2. The molecule has 0 saturated carbocycles. The van der Waals surface area contributed by atoms with E-state index >= 15 is 0 Å². The molecule has 0 N–H and O–H groups in total. The fraction of sp³-hybridized carbons (Fsp3) is 0.429. The Hall–Kier alpha value is -1.76. The Balaban J connectivity index is 1.55. The van der Waals surface area contributed by atoms with Crippen LogP contribution in [-0.4, -0.2) is 32.0 Å². The van der Waals surface area contributed by atoms with Crippen LogP contribution in [0.15, 0.2) is 35.5 Å². The minimum atomic E-state index is 0.290. The summed E-state index contributed by atoms with van der Waals surface area (Å²) in [5, 5.41) is 6.34. The van der Waals surface area contributed by atoms with Gasteiger partial charge in [0.2, 0.25) is 0 Å². The van der Waals surface area contributed by atoms with Crippen LogP contribution in [0.3, 0.4) is 0 Å². The molecular weight excluding hydrogens is 392 g/mol. The number of hydrogen-bond acceptors (Lipinski definition) is 4. The molecule has 28 heavy (non-hydrogen) atoms. The van der Waals surface area contributed by atoms with Gasteiger partial charge in [0.1, 0.15) is 5.15 Å². The topological polar surface area (TPSA) is 44.9 Å². The van der Waals surface area contributed by atoms with Crippen molar-refractivity contribution in [3.05, 3.63) is 58.1 Å². The van der Waals surface area contributed by atoms with Crippen molar-refractivity contribution < 1.29 is 4.74 Å². The minimum Gasteiger partial charge on any atom is -0.376 e. The molecule has 1 aliphatic heterocycles. The first-order valence-electron chi connectivity index (χ1n) is 9.62. The Morgan fingerprint density at radius 1 is 1.18 bits per heavy atom. The Kier molecular flexibility index (Phi) is 5.80. The van der Waals surface area contributed by atoms with Crippen LogP contribution in [0.5, 0.6) is 0 Å². The summed E-state index contributed by atoms with van der Waals surface area (Å²) in [4.78, 5) is 4.79. The van der Waals surface area contributed by atoms with E-state index < -0.39 is 0 Å². The maximum Gasteiger partial charge on any atom is 0.168 e. The molecule has 3 aromatic rings. The van der Waals surface area contributed by atoms with Crippen LogP contribution >= 0.6 is 23.4 Å². The molecule has 1 aromatic carbocycles. The van der Waals surface area contributed by atoms with E-state index in [9.17, 15) is 0 Å². The molecular formula is C21H25ClN4OS. The Labute approximate surface area is 175 Å². The van der Waals surface area contributed by atoms with Crippen molar-refractivity contribution >= 4 is 23.4 Å². The largest absolute Gasteiger partial charge is 0.376 e. The van der Waals surface area contributed by atoms with E-state index in [0.717, 1.165) is 59.5 Å². The molecule has 7 heteroatoms. The first-order chi connectivity index (χ1) is 13.5. The van der Waals surface area contributed by atoms with Gasteiger partial charge in [0, 0.05) is 23.6 Å². The zero-order valence-corrected chi connectivity index (χ0v) is 18.1. The van der Waals surface area contributed by atoms with Gasteiger partial charge in [-0.25, -0.2) is 9.67 Å². The average Bonchev–Trinajstić information content (AvgIpc) is 3.38. The number of thioether (sulfide) groups is 1. The molecule has 0 radical (unpaired) electrons. The molecule has 0 aliphatic carbocycles. The third-order valence-electron chi connectivity index (χ3n) is 5.30. The Morgan fingerprint density at radius 3 is 2.68 bits per heavy atom. The lowest BCUT2D eigenvalue weighted by Crippen LogP contribution is -2.16. The quantitative estimate of drug-likeness (QED) is 0.523. The number of nitrogens with zero attached hydrogens (tertiary/aromatic N) is 4. The van der Waals surface area contributed by atoms with E-state index in [4.69, 9.17) is 21.3 Å². The van der Waals surface area contributed by atoms with E-state index in [1.807, 2.05) is 41.9 Å². The summed E-state index contributed by atoms with van der Waals surface area (Å²) < 4.78 is 9.94. The standard InChI is InChI=1S/C21H25ClN4OS/c1-14-16(3)25(12-18-10-7-11-27-18)21(23-14)28-13-19-15(2)24-26(20(19)22)17-8-5-4-6-9-17/h4-6,8-9,18H,7,10-13H2,1-3H3. The van der Waals surface area contributed by atoms with Crippen LogP contribution in [0.25, 0.3) is 5.69 Å². The lowest BCUT2D eigenvalue weighted by atomic mass is 10.2. The Morgan fingerprint density at radius 2 is 1.96 bits per heavy atom. The van der Waals surface area contributed by atoms with Crippen molar-refractivity contribution in [3.63, 3.8) is 0 Å². The van der Waals surface area contributed by atoms with Crippen LogP contribution < -0.4 is 0 Å². The first-order valence-corrected chi connectivity index (χ1v) is 11.0. The summed E-state index contributed by atoms with van der Waals surface area (Å²) in [6.07, 6.45) is 2.56. The molecule has 1 saturated heterocycles. The average molecular weight is 417 g/mol. The maximum atomic E-state index is 6.68. The van der Waals surface area contributed by atoms with Gasteiger partial charge < -0.3 is 9.30 Å². The highest BCUT2D eigenvalue weighted by Gasteiger charge is 2.21. The molecule has 1 aliphatic rings. The van der Waals surface area contributed by atoms with Gasteiger partial charge in [0.15, 0.2) is 5.16 Å². The van der Waals surface area contributed by atoms with E-state index in [0.29, 0.717) is 5.15 Å². The maximum absolute atomic E-state index is 6.68. The van der Waals surface area contributed by atoms with E-state index in [2.05, 4.69) is 23.5 Å². The highest BCUT2D eigenvalue weighted by Crippen LogP contribution is 2.31. The molecule has 3 heterocycles. The fourth-order valence-electron chi connectivity index (χ4n) is 3.51. The third kappa shape index (κ3) is 3.86. The smallest absolute Gasteiger partial charge is 0.168 e. The van der Waals surface area contributed by atoms with Crippen LogP contribution in [-0.2, 0) is 17.0 Å². The van der Waals surface area contributed by atoms with Crippen LogP contribution in [0, 0.1) is 20.8 Å². The molecule has 1 fully saturated rings. The van der Waals surface area contributed by atoms with Crippen molar-refractivity contribution in [2.45, 2.75) is 57.2 Å². The van der Waals surface area contributed by atoms with E-state index in [1.165, 1.54) is 5.69 Å². The van der Waals surface area contributed by atoms with Crippen LogP contribution in [0.1, 0.15) is 35.5 Å². The highest BCUT2D eigenvalue weighted by atomic mass is 35.5. The second-order valence-corrected chi connectivity index (χ2v) is 8.50. The van der Waals surface area contributed by atoms with Crippen LogP contribution in [0.2, 0.25) is 5.15 Å². The van der Waals surface area contributed by atoms with Gasteiger partial charge >= 0.3 is 0 Å². The molecule has 0 spiro atoms. The molecule has 4 rings (SSSR count). The number of benzene rings is 1. The first kappa shape index (κ1) is 19.6. The number of ether oxygens (including phenoxy) is 1. The van der Waals surface area contributed by atoms with Crippen molar-refractivity contribution in [3.8, 4) is 5.69 Å². The van der Waals surface area contributed by atoms with Crippen molar-refractivity contribution in [2.75, 3.05) is 6.61 Å². The molecule has 0 bridgehead atoms. The van der Waals surface area contributed by atoms with Gasteiger partial charge in [0.25, 0.3) is 0 Å². The summed E-state index contributed by atoms with van der Waals surface area (Å²) in [6.45, 7) is 7.94. The summed E-state index contributed by atoms with van der Waals surface area (Å²) in [5.74, 6) is 0.735. The second-order valence-electron chi connectivity index (χ2n) is 7.20. The summed E-state index contributed by atoms with van der Waals surface area (Å²) in [7, 11) is 0. The summed E-state index contributed by atoms with van der Waals surface area (Å²) >= 11 is 8.40. The number of rotatable bonds is 6. The molecule has 148 valence electrons. The highest BCUT2D eigenvalue weighted by molar-refractivity contribution is 7.98. The van der Waals surface area contributed by atoms with Crippen molar-refractivity contribution in [1.82, 2.24) is 19.3 Å². The monoisotopic (exact) mass is 416 g/mol. The molecule has 1 atom stereocenters. The number of hydrogen-bond donors (Lipinski definition) is 0.